The van der Waals surface area contributed by atoms with E-state index in [1.54, 1.807) is 0 Å². The Balaban J connectivity index is 2.48. The van der Waals surface area contributed by atoms with Crippen LogP contribution in [-0.2, 0) is 24.8 Å². The minimum absolute atomic E-state index is 0.0697. The van der Waals surface area contributed by atoms with Crippen molar-refractivity contribution in [2.75, 3.05) is 14.2 Å². The van der Waals surface area contributed by atoms with Gasteiger partial charge in [0.25, 0.3) is 25.7 Å². The maximum absolute atomic E-state index is 12.7. The van der Waals surface area contributed by atoms with Gasteiger partial charge in [0.05, 0.1) is 27.4 Å². The number of hydrogen-bond acceptors (Lipinski definition) is 8. The van der Waals surface area contributed by atoms with Gasteiger partial charge in [0.1, 0.15) is 5.02 Å². The summed E-state index contributed by atoms with van der Waals surface area (Å²) in [5.74, 6) is -0.696. The first kappa shape index (κ1) is 21.8. The number of halogens is 1. The van der Waals surface area contributed by atoms with Gasteiger partial charge in [-0.25, -0.2) is 21.6 Å². The summed E-state index contributed by atoms with van der Waals surface area (Å²) in [5.41, 5.74) is -0.615. The normalized spacial score (nSPS) is 12.0. The summed E-state index contributed by atoms with van der Waals surface area (Å²) < 4.78 is 55.2. The number of rotatable bonds is 6. The van der Waals surface area contributed by atoms with Crippen molar-refractivity contribution in [3.05, 3.63) is 63.2 Å². The summed E-state index contributed by atoms with van der Waals surface area (Å²) in [6.45, 7) is 0. The van der Waals surface area contributed by atoms with Crippen LogP contribution in [-0.4, -0.2) is 45.6 Å². The molecule has 0 aliphatic carbocycles. The number of benzene rings is 2. The van der Waals surface area contributed by atoms with Crippen molar-refractivity contribution in [3.8, 4) is 0 Å². The molecule has 150 valence electrons. The van der Waals surface area contributed by atoms with Crippen LogP contribution in [0.3, 0.4) is 0 Å². The summed E-state index contributed by atoms with van der Waals surface area (Å²) >= 11 is 5.65. The van der Waals surface area contributed by atoms with E-state index in [0.717, 1.165) is 50.6 Å². The maximum Gasteiger partial charge on any atom is 0.337 e. The predicted molar refractivity (Wildman–Crippen MR) is 98.0 cm³/mol. The summed E-state index contributed by atoms with van der Waals surface area (Å²) in [4.78, 5) is 20.5. The van der Waals surface area contributed by atoms with Gasteiger partial charge in [0.2, 0.25) is 0 Å². The monoisotopic (exact) mass is 448 g/mol. The standard InChI is InChI=1S/C15H13ClN2O8S2/c1-17(27(22,23)11-5-3-10(4-6-11)15(19)26-2)28(24,25)12-7-8-13(16)14(9-12)18(20)21/h3-9H,1-2H3. The number of nitrogens with zero attached hydrogens (tertiary/aromatic N) is 2. The first-order chi connectivity index (χ1) is 12.9. The molecule has 0 saturated carbocycles. The fourth-order valence-electron chi connectivity index (χ4n) is 2.10. The number of ether oxygens (including phenoxy) is 1. The van der Waals surface area contributed by atoms with E-state index in [1.165, 1.54) is 0 Å². The first-order valence-corrected chi connectivity index (χ1v) is 10.5. The molecular weight excluding hydrogens is 436 g/mol. The van der Waals surface area contributed by atoms with Crippen molar-refractivity contribution in [2.24, 2.45) is 0 Å². The molecular formula is C15H13ClN2O8S2. The van der Waals surface area contributed by atoms with Crippen LogP contribution in [0, 0.1) is 10.1 Å². The topological polar surface area (TPSA) is 141 Å². The molecule has 0 N–H and O–H groups in total. The van der Waals surface area contributed by atoms with Gasteiger partial charge in [-0.1, -0.05) is 15.3 Å². The fraction of sp³-hybridized carbons (Fsp3) is 0.133. The third-order valence-electron chi connectivity index (χ3n) is 3.66. The molecule has 0 atom stereocenters. The molecule has 0 aliphatic rings. The molecule has 0 spiro atoms. The Morgan fingerprint density at radius 2 is 1.54 bits per heavy atom. The van der Waals surface area contributed by atoms with E-state index in [9.17, 15) is 31.7 Å². The minimum atomic E-state index is -4.66. The van der Waals surface area contributed by atoms with Crippen LogP contribution in [0.15, 0.2) is 52.3 Å². The molecule has 2 aromatic rings. The molecule has 0 fully saturated rings. The van der Waals surface area contributed by atoms with E-state index in [1.807, 2.05) is 0 Å². The van der Waals surface area contributed by atoms with Gasteiger partial charge in [-0.15, -0.1) is 0 Å². The van der Waals surface area contributed by atoms with Crippen LogP contribution in [0.1, 0.15) is 10.4 Å². The molecule has 13 heteroatoms. The molecule has 28 heavy (non-hydrogen) atoms. The zero-order valence-corrected chi connectivity index (χ0v) is 16.8. The highest BCUT2D eigenvalue weighted by atomic mass is 35.5. The van der Waals surface area contributed by atoms with E-state index >= 15 is 0 Å². The number of sulfonamides is 2. The number of methoxy groups -OCH3 is 1. The van der Waals surface area contributed by atoms with Crippen molar-refractivity contribution in [1.82, 2.24) is 3.71 Å². The Morgan fingerprint density at radius 1 is 1.04 bits per heavy atom. The van der Waals surface area contributed by atoms with Crippen molar-refractivity contribution in [3.63, 3.8) is 0 Å². The number of nitro groups is 1. The lowest BCUT2D eigenvalue weighted by Gasteiger charge is -2.17. The third-order valence-corrected chi connectivity index (χ3v) is 8.23. The van der Waals surface area contributed by atoms with Crippen molar-refractivity contribution in [2.45, 2.75) is 9.79 Å². The second-order valence-corrected chi connectivity index (χ2v) is 9.85. The minimum Gasteiger partial charge on any atom is -0.465 e. The van der Waals surface area contributed by atoms with Crippen molar-refractivity contribution >= 4 is 43.3 Å². The molecule has 0 amide bonds. The number of esters is 1. The van der Waals surface area contributed by atoms with Crippen LogP contribution in [0.4, 0.5) is 5.69 Å². The van der Waals surface area contributed by atoms with Gasteiger partial charge in [-0.2, -0.15) is 0 Å². The van der Waals surface area contributed by atoms with Crippen molar-refractivity contribution in [1.29, 1.82) is 0 Å². The van der Waals surface area contributed by atoms with Crippen LogP contribution >= 0.6 is 11.6 Å². The molecule has 0 heterocycles. The highest BCUT2D eigenvalue weighted by Gasteiger charge is 2.34. The van der Waals surface area contributed by atoms with E-state index < -0.39 is 46.4 Å². The smallest absolute Gasteiger partial charge is 0.337 e. The van der Waals surface area contributed by atoms with E-state index in [4.69, 9.17) is 11.6 Å². The van der Waals surface area contributed by atoms with Crippen molar-refractivity contribution < 1.29 is 31.3 Å². The quantitative estimate of drug-likeness (QED) is 0.371. The van der Waals surface area contributed by atoms with Gasteiger partial charge < -0.3 is 4.74 Å². The van der Waals surface area contributed by atoms with Gasteiger partial charge in [-0.3, -0.25) is 10.1 Å². The Labute approximate surface area is 165 Å². The Bertz CT molecular complexity index is 1150. The molecule has 0 radical (unpaired) electrons. The average Bonchev–Trinajstić information content (AvgIpc) is 2.66. The molecule has 2 rings (SSSR count). The molecule has 10 nitrogen and oxygen atoms in total. The number of carbonyl (C=O) groups excluding carboxylic acids is 1. The lowest BCUT2D eigenvalue weighted by atomic mass is 10.2. The Hall–Kier alpha value is -2.54. The number of carbonyl (C=O) groups is 1. The number of nitro benzene ring substituents is 1. The van der Waals surface area contributed by atoms with Crippen LogP contribution in [0.5, 0.6) is 0 Å². The van der Waals surface area contributed by atoms with Gasteiger partial charge >= 0.3 is 5.97 Å². The SMILES string of the molecule is COC(=O)c1ccc(S(=O)(=O)N(C)S(=O)(=O)c2ccc(Cl)c([N+](=O)[O-])c2)cc1. The second kappa shape index (κ2) is 7.83. The number of hydrogen-bond donors (Lipinski definition) is 0. The third kappa shape index (κ3) is 3.99. The van der Waals surface area contributed by atoms with E-state index in [0.29, 0.717) is 6.07 Å². The van der Waals surface area contributed by atoms with E-state index in [2.05, 4.69) is 4.74 Å². The summed E-state index contributed by atoms with van der Waals surface area (Å²) in [6.07, 6.45) is 0. The molecule has 0 unspecified atom stereocenters. The van der Waals surface area contributed by atoms with Crippen LogP contribution < -0.4 is 0 Å². The summed E-state index contributed by atoms with van der Waals surface area (Å²) in [6, 6.07) is 7.01. The lowest BCUT2D eigenvalue weighted by Crippen LogP contribution is -2.33. The zero-order valence-electron chi connectivity index (χ0n) is 14.4. The summed E-state index contributed by atoms with van der Waals surface area (Å²) in [5, 5.41) is 10.7. The molecule has 0 saturated heterocycles. The Kier molecular flexibility index (Phi) is 6.09. The maximum atomic E-state index is 12.7. The van der Waals surface area contributed by atoms with E-state index in [-0.39, 0.29) is 14.3 Å². The lowest BCUT2D eigenvalue weighted by molar-refractivity contribution is -0.384. The highest BCUT2D eigenvalue weighted by Crippen LogP contribution is 2.30. The molecule has 0 aliphatic heterocycles. The molecule has 2 aromatic carbocycles. The zero-order chi connectivity index (χ0) is 21.3. The fourth-order valence-corrected chi connectivity index (χ4v) is 5.41. The Morgan fingerprint density at radius 3 is 2.04 bits per heavy atom. The first-order valence-electron chi connectivity index (χ1n) is 7.29. The van der Waals surface area contributed by atoms with Gasteiger partial charge in [0, 0.05) is 13.1 Å². The van der Waals surface area contributed by atoms with Crippen LogP contribution in [0.2, 0.25) is 5.02 Å². The van der Waals surface area contributed by atoms with Crippen LogP contribution in [0.25, 0.3) is 0 Å². The highest BCUT2D eigenvalue weighted by molar-refractivity contribution is 8.04. The predicted octanol–water partition coefficient (Wildman–Crippen LogP) is 2.04. The van der Waals surface area contributed by atoms with Gasteiger partial charge in [0.15, 0.2) is 0 Å². The molecule has 0 bridgehead atoms. The average molecular weight is 449 g/mol. The largest absolute Gasteiger partial charge is 0.465 e. The summed E-state index contributed by atoms with van der Waals surface area (Å²) in [7, 11) is -7.26. The second-order valence-electron chi connectivity index (χ2n) is 5.28. The molecule has 0 aromatic heterocycles. The van der Waals surface area contributed by atoms with Gasteiger partial charge in [-0.05, 0) is 36.4 Å².